The van der Waals surface area contributed by atoms with Gasteiger partial charge in [0.2, 0.25) is 0 Å². The first-order valence-electron chi connectivity index (χ1n) is 7.58. The molecule has 2 N–H and O–H groups in total. The Bertz CT molecular complexity index is 897. The van der Waals surface area contributed by atoms with E-state index < -0.39 is 11.6 Å². The quantitative estimate of drug-likeness (QED) is 0.413. The SMILES string of the molecule is Cc1ccccc1SNc1cc(-c2ccc(F)c(F)c2)sc1C.O=CO. The first-order valence-corrected chi connectivity index (χ1v) is 9.21. The average Bonchev–Trinajstić information content (AvgIpc) is 2.98. The van der Waals surface area contributed by atoms with Gasteiger partial charge in [-0.25, -0.2) is 8.78 Å². The Hall–Kier alpha value is -2.38. The van der Waals surface area contributed by atoms with Gasteiger partial charge in [0.1, 0.15) is 0 Å². The number of carboxylic acid groups (broad SMARTS) is 1. The van der Waals surface area contributed by atoms with Crippen molar-refractivity contribution in [2.45, 2.75) is 18.7 Å². The molecule has 7 heteroatoms. The van der Waals surface area contributed by atoms with Crippen LogP contribution in [0.25, 0.3) is 10.4 Å². The minimum atomic E-state index is -0.824. The van der Waals surface area contributed by atoms with Crippen molar-refractivity contribution in [3.8, 4) is 10.4 Å². The van der Waals surface area contributed by atoms with E-state index in [0.717, 1.165) is 26.4 Å². The van der Waals surface area contributed by atoms with Crippen molar-refractivity contribution in [1.82, 2.24) is 0 Å². The van der Waals surface area contributed by atoms with Crippen LogP contribution in [0.1, 0.15) is 10.4 Å². The number of aryl methyl sites for hydroxylation is 2. The predicted octanol–water partition coefficient (Wildman–Crippen LogP) is 6.13. The summed E-state index contributed by atoms with van der Waals surface area (Å²) < 4.78 is 29.8. The molecule has 2 aromatic carbocycles. The number of rotatable bonds is 4. The summed E-state index contributed by atoms with van der Waals surface area (Å²) >= 11 is 3.11. The topological polar surface area (TPSA) is 49.3 Å². The summed E-state index contributed by atoms with van der Waals surface area (Å²) in [7, 11) is 0. The van der Waals surface area contributed by atoms with Gasteiger partial charge in [0.25, 0.3) is 6.47 Å². The third-order valence-corrected chi connectivity index (χ3v) is 5.59. The van der Waals surface area contributed by atoms with Gasteiger partial charge >= 0.3 is 0 Å². The molecule has 0 aliphatic carbocycles. The lowest BCUT2D eigenvalue weighted by atomic mass is 10.2. The molecular weight excluding hydrogens is 376 g/mol. The Labute approximate surface area is 158 Å². The van der Waals surface area contributed by atoms with E-state index >= 15 is 0 Å². The van der Waals surface area contributed by atoms with Gasteiger partial charge in [-0.3, -0.25) is 4.79 Å². The van der Waals surface area contributed by atoms with E-state index in [1.54, 1.807) is 29.4 Å². The fraction of sp³-hybridized carbons (Fsp3) is 0.105. The molecule has 1 aromatic heterocycles. The van der Waals surface area contributed by atoms with Gasteiger partial charge < -0.3 is 9.83 Å². The molecule has 0 radical (unpaired) electrons. The number of thiophene rings is 1. The maximum Gasteiger partial charge on any atom is 0.290 e. The van der Waals surface area contributed by atoms with Gasteiger partial charge in [-0.2, -0.15) is 0 Å². The van der Waals surface area contributed by atoms with Crippen LogP contribution in [-0.2, 0) is 4.79 Å². The van der Waals surface area contributed by atoms with E-state index in [1.165, 1.54) is 11.6 Å². The lowest BCUT2D eigenvalue weighted by Crippen LogP contribution is -1.88. The van der Waals surface area contributed by atoms with Crippen LogP contribution in [0.2, 0.25) is 0 Å². The monoisotopic (exact) mass is 393 g/mol. The van der Waals surface area contributed by atoms with Gasteiger partial charge in [-0.15, -0.1) is 11.3 Å². The van der Waals surface area contributed by atoms with E-state index in [0.29, 0.717) is 5.56 Å². The summed E-state index contributed by atoms with van der Waals surface area (Å²) in [6.07, 6.45) is 0. The second-order valence-electron chi connectivity index (χ2n) is 5.28. The van der Waals surface area contributed by atoms with Crippen LogP contribution in [0.3, 0.4) is 0 Å². The zero-order valence-electron chi connectivity index (χ0n) is 14.1. The molecule has 0 bridgehead atoms. The fourth-order valence-electron chi connectivity index (χ4n) is 2.16. The molecule has 1 heterocycles. The van der Waals surface area contributed by atoms with Crippen molar-refractivity contribution < 1.29 is 18.7 Å². The molecule has 0 saturated heterocycles. The third kappa shape index (κ3) is 5.06. The third-order valence-electron chi connectivity index (χ3n) is 3.49. The van der Waals surface area contributed by atoms with Gasteiger partial charge in [0.15, 0.2) is 11.6 Å². The number of hydrogen-bond acceptors (Lipinski definition) is 4. The van der Waals surface area contributed by atoms with Crippen molar-refractivity contribution in [1.29, 1.82) is 0 Å². The largest absolute Gasteiger partial charge is 0.483 e. The minimum Gasteiger partial charge on any atom is -0.483 e. The molecule has 136 valence electrons. The normalized spacial score (nSPS) is 10.0. The van der Waals surface area contributed by atoms with Crippen LogP contribution in [-0.4, -0.2) is 11.6 Å². The highest BCUT2D eigenvalue weighted by atomic mass is 32.2. The molecule has 0 atom stereocenters. The Kier molecular flexibility index (Phi) is 7.17. The summed E-state index contributed by atoms with van der Waals surface area (Å²) in [6.45, 7) is 3.83. The van der Waals surface area contributed by atoms with Crippen molar-refractivity contribution >= 4 is 35.4 Å². The molecule has 0 aliphatic heterocycles. The molecule has 0 aliphatic rings. The summed E-state index contributed by atoms with van der Waals surface area (Å²) in [5.41, 5.74) is 2.88. The predicted molar refractivity (Wildman–Crippen MR) is 104 cm³/mol. The maximum absolute atomic E-state index is 13.4. The van der Waals surface area contributed by atoms with E-state index in [2.05, 4.69) is 23.8 Å². The molecule has 0 saturated carbocycles. The highest BCUT2D eigenvalue weighted by Gasteiger charge is 2.10. The smallest absolute Gasteiger partial charge is 0.290 e. The van der Waals surface area contributed by atoms with Crippen molar-refractivity contribution in [2.24, 2.45) is 0 Å². The summed E-state index contributed by atoms with van der Waals surface area (Å²) in [6, 6.07) is 14.1. The Morgan fingerprint density at radius 2 is 1.77 bits per heavy atom. The molecular formula is C19H17F2NO2S2. The molecule has 0 spiro atoms. The number of halogens is 2. The molecule has 26 heavy (non-hydrogen) atoms. The zero-order chi connectivity index (χ0) is 19.1. The van der Waals surface area contributed by atoms with Crippen molar-refractivity contribution in [3.05, 3.63) is 70.6 Å². The maximum atomic E-state index is 13.4. The highest BCUT2D eigenvalue weighted by molar-refractivity contribution is 8.00. The Balaban J connectivity index is 0.000000758. The van der Waals surface area contributed by atoms with Crippen LogP contribution < -0.4 is 4.72 Å². The van der Waals surface area contributed by atoms with Gasteiger partial charge in [-0.05, 0) is 61.2 Å². The van der Waals surface area contributed by atoms with E-state index in [1.807, 2.05) is 25.1 Å². The fourth-order valence-corrected chi connectivity index (χ4v) is 4.00. The Morgan fingerprint density at radius 3 is 2.42 bits per heavy atom. The van der Waals surface area contributed by atoms with Gasteiger partial charge in [0, 0.05) is 14.6 Å². The summed E-state index contributed by atoms with van der Waals surface area (Å²) in [5.74, 6) is -1.65. The number of benzene rings is 2. The van der Waals surface area contributed by atoms with Crippen molar-refractivity contribution in [3.63, 3.8) is 0 Å². The number of anilines is 1. The lowest BCUT2D eigenvalue weighted by Gasteiger charge is -2.06. The molecule has 3 aromatic rings. The lowest BCUT2D eigenvalue weighted by molar-refractivity contribution is -0.122. The summed E-state index contributed by atoms with van der Waals surface area (Å²) in [5, 5.41) is 6.89. The second-order valence-corrected chi connectivity index (χ2v) is 7.39. The number of carbonyl (C=O) groups is 1. The molecule has 3 rings (SSSR count). The number of nitrogens with one attached hydrogen (secondary N) is 1. The van der Waals surface area contributed by atoms with Crippen LogP contribution in [0, 0.1) is 25.5 Å². The van der Waals surface area contributed by atoms with E-state index in [4.69, 9.17) is 9.90 Å². The molecule has 0 unspecified atom stereocenters. The van der Waals surface area contributed by atoms with Crippen molar-refractivity contribution in [2.75, 3.05) is 4.72 Å². The molecule has 0 amide bonds. The molecule has 3 nitrogen and oxygen atoms in total. The van der Waals surface area contributed by atoms with Crippen LogP contribution in [0.5, 0.6) is 0 Å². The van der Waals surface area contributed by atoms with Gasteiger partial charge in [0.05, 0.1) is 5.69 Å². The van der Waals surface area contributed by atoms with E-state index in [9.17, 15) is 8.78 Å². The highest BCUT2D eigenvalue weighted by Crippen LogP contribution is 2.37. The molecule has 0 fully saturated rings. The van der Waals surface area contributed by atoms with Crippen LogP contribution >= 0.6 is 23.3 Å². The second kappa shape index (κ2) is 9.35. The van der Waals surface area contributed by atoms with E-state index in [-0.39, 0.29) is 6.47 Å². The summed E-state index contributed by atoms with van der Waals surface area (Å²) in [4.78, 5) is 11.5. The minimum absolute atomic E-state index is 0.250. The Morgan fingerprint density at radius 1 is 1.08 bits per heavy atom. The first-order chi connectivity index (χ1) is 12.5. The standard InChI is InChI=1S/C18H15F2NS2.CH2O2/c1-11-5-3-4-6-17(11)23-21-16-10-18(22-12(16)2)13-7-8-14(19)15(20)9-13;2-1-3/h3-10,21H,1-2H3;1H,(H,2,3). The first kappa shape index (κ1) is 19.9. The van der Waals surface area contributed by atoms with Crippen LogP contribution in [0.4, 0.5) is 14.5 Å². The zero-order valence-corrected chi connectivity index (χ0v) is 15.8. The number of hydrogen-bond donors (Lipinski definition) is 2. The average molecular weight is 393 g/mol. The van der Waals surface area contributed by atoms with Gasteiger partial charge in [-0.1, -0.05) is 24.3 Å². The van der Waals surface area contributed by atoms with Crippen LogP contribution in [0.15, 0.2) is 53.4 Å².